The van der Waals surface area contributed by atoms with E-state index in [1.54, 1.807) is 13.3 Å². The van der Waals surface area contributed by atoms with Crippen LogP contribution in [-0.4, -0.2) is 49.3 Å². The largest absolute Gasteiger partial charge is 0.495 e. The van der Waals surface area contributed by atoms with Crippen molar-refractivity contribution in [3.63, 3.8) is 0 Å². The first-order valence-corrected chi connectivity index (χ1v) is 7.78. The van der Waals surface area contributed by atoms with Gasteiger partial charge in [0.1, 0.15) is 17.3 Å². The van der Waals surface area contributed by atoms with Crippen molar-refractivity contribution in [2.45, 2.75) is 6.92 Å². The number of amides is 1. The maximum Gasteiger partial charge on any atom is 0.275 e. The van der Waals surface area contributed by atoms with Crippen molar-refractivity contribution in [2.75, 3.05) is 43.6 Å². The van der Waals surface area contributed by atoms with E-state index in [4.69, 9.17) is 9.47 Å². The van der Waals surface area contributed by atoms with Crippen LogP contribution in [0.5, 0.6) is 5.75 Å². The van der Waals surface area contributed by atoms with Crippen molar-refractivity contribution in [1.82, 2.24) is 9.97 Å². The minimum Gasteiger partial charge on any atom is -0.495 e. The van der Waals surface area contributed by atoms with Crippen LogP contribution in [0.2, 0.25) is 0 Å². The molecule has 1 aromatic heterocycles. The van der Waals surface area contributed by atoms with Gasteiger partial charge >= 0.3 is 0 Å². The first-order valence-electron chi connectivity index (χ1n) is 7.78. The topological polar surface area (TPSA) is 76.6 Å². The van der Waals surface area contributed by atoms with Gasteiger partial charge in [-0.2, -0.15) is 0 Å². The molecule has 1 aliphatic heterocycles. The van der Waals surface area contributed by atoms with Crippen LogP contribution in [0.15, 0.2) is 30.6 Å². The number of ether oxygens (including phenoxy) is 2. The summed E-state index contributed by atoms with van der Waals surface area (Å²) in [6, 6.07) is 5.59. The van der Waals surface area contributed by atoms with E-state index in [0.29, 0.717) is 24.7 Å². The normalized spacial score (nSPS) is 14.3. The Morgan fingerprint density at radius 2 is 2.04 bits per heavy atom. The monoisotopic (exact) mass is 328 g/mol. The molecular weight excluding hydrogens is 308 g/mol. The van der Waals surface area contributed by atoms with Crippen LogP contribution in [0.3, 0.4) is 0 Å². The van der Waals surface area contributed by atoms with E-state index in [0.717, 1.165) is 24.5 Å². The van der Waals surface area contributed by atoms with Gasteiger partial charge < -0.3 is 19.7 Å². The lowest BCUT2D eigenvalue weighted by Crippen LogP contribution is -2.36. The SMILES string of the molecule is COc1ccc(C)cc1NC(=O)c1cnc(N2CCOCC2)cn1. The number of rotatable bonds is 4. The van der Waals surface area contributed by atoms with Crippen LogP contribution in [-0.2, 0) is 4.74 Å². The third-order valence-corrected chi connectivity index (χ3v) is 3.81. The van der Waals surface area contributed by atoms with Crippen molar-refractivity contribution >= 4 is 17.4 Å². The van der Waals surface area contributed by atoms with Crippen molar-refractivity contribution in [2.24, 2.45) is 0 Å². The highest BCUT2D eigenvalue weighted by Gasteiger charge is 2.15. The highest BCUT2D eigenvalue weighted by atomic mass is 16.5. The molecule has 7 heteroatoms. The van der Waals surface area contributed by atoms with E-state index in [2.05, 4.69) is 20.2 Å². The average molecular weight is 328 g/mol. The molecule has 1 amide bonds. The molecule has 0 saturated carbocycles. The maximum atomic E-state index is 12.4. The van der Waals surface area contributed by atoms with E-state index in [1.165, 1.54) is 6.20 Å². The van der Waals surface area contributed by atoms with Crippen LogP contribution in [0.1, 0.15) is 16.1 Å². The van der Waals surface area contributed by atoms with Gasteiger partial charge in [0, 0.05) is 13.1 Å². The van der Waals surface area contributed by atoms with E-state index in [1.807, 2.05) is 25.1 Å². The van der Waals surface area contributed by atoms with Crippen molar-refractivity contribution < 1.29 is 14.3 Å². The predicted octanol–water partition coefficient (Wildman–Crippen LogP) is 1.88. The third kappa shape index (κ3) is 3.62. The van der Waals surface area contributed by atoms with Gasteiger partial charge in [0.05, 0.1) is 38.4 Å². The zero-order chi connectivity index (χ0) is 16.9. The van der Waals surface area contributed by atoms with Gasteiger partial charge in [-0.1, -0.05) is 6.07 Å². The number of carbonyl (C=O) groups is 1. The third-order valence-electron chi connectivity index (χ3n) is 3.81. The molecule has 2 heterocycles. The number of hydrogen-bond acceptors (Lipinski definition) is 6. The number of methoxy groups -OCH3 is 1. The van der Waals surface area contributed by atoms with Gasteiger partial charge in [0.25, 0.3) is 5.91 Å². The second-order valence-corrected chi connectivity index (χ2v) is 5.52. The van der Waals surface area contributed by atoms with Gasteiger partial charge in [0.2, 0.25) is 0 Å². The summed E-state index contributed by atoms with van der Waals surface area (Å²) in [6.07, 6.45) is 3.11. The molecule has 3 rings (SSSR count). The van der Waals surface area contributed by atoms with E-state index < -0.39 is 0 Å². The fraction of sp³-hybridized carbons (Fsp3) is 0.353. The van der Waals surface area contributed by atoms with Gasteiger partial charge in [0.15, 0.2) is 0 Å². The van der Waals surface area contributed by atoms with E-state index >= 15 is 0 Å². The molecule has 0 unspecified atom stereocenters. The molecule has 24 heavy (non-hydrogen) atoms. The van der Waals surface area contributed by atoms with Crippen molar-refractivity contribution in [3.8, 4) is 5.75 Å². The van der Waals surface area contributed by atoms with Crippen LogP contribution < -0.4 is 15.0 Å². The highest BCUT2D eigenvalue weighted by Crippen LogP contribution is 2.25. The second-order valence-electron chi connectivity index (χ2n) is 5.52. The Kier molecular flexibility index (Phi) is 4.90. The summed E-state index contributed by atoms with van der Waals surface area (Å²) in [5, 5.41) is 2.82. The minimum absolute atomic E-state index is 0.260. The molecule has 1 aromatic carbocycles. The zero-order valence-corrected chi connectivity index (χ0v) is 13.8. The first-order chi connectivity index (χ1) is 11.7. The lowest BCUT2D eigenvalue weighted by molar-refractivity contribution is 0.102. The fourth-order valence-corrected chi connectivity index (χ4v) is 2.50. The summed E-state index contributed by atoms with van der Waals surface area (Å²) in [6.45, 7) is 4.86. The summed E-state index contributed by atoms with van der Waals surface area (Å²) in [5.74, 6) is 1.04. The smallest absolute Gasteiger partial charge is 0.275 e. The summed E-state index contributed by atoms with van der Waals surface area (Å²) in [5.41, 5.74) is 1.90. The number of nitrogens with zero attached hydrogens (tertiary/aromatic N) is 3. The molecule has 1 fully saturated rings. The maximum absolute atomic E-state index is 12.4. The number of morpholine rings is 1. The van der Waals surface area contributed by atoms with Crippen LogP contribution in [0, 0.1) is 6.92 Å². The second kappa shape index (κ2) is 7.27. The molecule has 0 aliphatic carbocycles. The average Bonchev–Trinajstić information content (AvgIpc) is 2.63. The molecular formula is C17H20N4O3. The Hall–Kier alpha value is -2.67. The van der Waals surface area contributed by atoms with Gasteiger partial charge in [-0.15, -0.1) is 0 Å². The molecule has 0 bridgehead atoms. The standard InChI is InChI=1S/C17H20N4O3/c1-12-3-4-15(23-2)13(9-12)20-17(22)14-10-19-16(11-18-14)21-5-7-24-8-6-21/h3-4,9-11H,5-8H2,1-2H3,(H,20,22). The van der Waals surface area contributed by atoms with Crippen molar-refractivity contribution in [3.05, 3.63) is 41.9 Å². The molecule has 1 aliphatic rings. The molecule has 1 N–H and O–H groups in total. The van der Waals surface area contributed by atoms with E-state index in [-0.39, 0.29) is 11.6 Å². The minimum atomic E-state index is -0.320. The quantitative estimate of drug-likeness (QED) is 0.923. The summed E-state index contributed by atoms with van der Waals surface area (Å²) < 4.78 is 10.6. The van der Waals surface area contributed by atoms with Crippen LogP contribution >= 0.6 is 0 Å². The Bertz CT molecular complexity index is 712. The number of aryl methyl sites for hydroxylation is 1. The van der Waals surface area contributed by atoms with Crippen LogP contribution in [0.4, 0.5) is 11.5 Å². The molecule has 0 radical (unpaired) electrons. The Labute approximate surface area is 140 Å². The predicted molar refractivity (Wildman–Crippen MR) is 90.7 cm³/mol. The van der Waals surface area contributed by atoms with Gasteiger partial charge in [-0.3, -0.25) is 4.79 Å². The molecule has 126 valence electrons. The Morgan fingerprint density at radius 3 is 2.71 bits per heavy atom. The molecule has 2 aromatic rings. The fourth-order valence-electron chi connectivity index (χ4n) is 2.50. The number of benzene rings is 1. The number of hydrogen-bond donors (Lipinski definition) is 1. The zero-order valence-electron chi connectivity index (χ0n) is 13.8. The van der Waals surface area contributed by atoms with Crippen molar-refractivity contribution in [1.29, 1.82) is 0 Å². The van der Waals surface area contributed by atoms with Crippen LogP contribution in [0.25, 0.3) is 0 Å². The lowest BCUT2D eigenvalue weighted by atomic mass is 10.2. The summed E-state index contributed by atoms with van der Waals surface area (Å²) in [7, 11) is 1.57. The number of anilines is 2. The Morgan fingerprint density at radius 1 is 1.25 bits per heavy atom. The Balaban J connectivity index is 1.72. The molecule has 0 atom stereocenters. The molecule has 7 nitrogen and oxygen atoms in total. The summed E-state index contributed by atoms with van der Waals surface area (Å²) >= 11 is 0. The highest BCUT2D eigenvalue weighted by molar-refractivity contribution is 6.03. The number of nitrogens with one attached hydrogen (secondary N) is 1. The lowest BCUT2D eigenvalue weighted by Gasteiger charge is -2.27. The number of carbonyl (C=O) groups excluding carboxylic acids is 1. The van der Waals surface area contributed by atoms with E-state index in [9.17, 15) is 4.79 Å². The first kappa shape index (κ1) is 16.2. The molecule has 1 saturated heterocycles. The number of aromatic nitrogens is 2. The van der Waals surface area contributed by atoms with Gasteiger partial charge in [-0.25, -0.2) is 9.97 Å². The summed E-state index contributed by atoms with van der Waals surface area (Å²) in [4.78, 5) is 23.0. The van der Waals surface area contributed by atoms with Gasteiger partial charge in [-0.05, 0) is 24.6 Å². The molecule has 0 spiro atoms.